The first-order valence-electron chi connectivity index (χ1n) is 6.34. The van der Waals surface area contributed by atoms with E-state index in [1.165, 1.54) is 14.2 Å². The molecule has 108 valence electrons. The number of esters is 2. The lowest BCUT2D eigenvalue weighted by atomic mass is 9.48. The van der Waals surface area contributed by atoms with E-state index in [9.17, 15) is 9.59 Å². The van der Waals surface area contributed by atoms with E-state index in [0.717, 1.165) is 0 Å². The van der Waals surface area contributed by atoms with Gasteiger partial charge in [-0.1, -0.05) is 0 Å². The van der Waals surface area contributed by atoms with Gasteiger partial charge in [-0.05, 0) is 26.0 Å². The van der Waals surface area contributed by atoms with Crippen LogP contribution in [0.1, 0.15) is 13.8 Å². The van der Waals surface area contributed by atoms with E-state index in [4.69, 9.17) is 18.9 Å². The highest BCUT2D eigenvalue weighted by molar-refractivity contribution is 5.92. The topological polar surface area (TPSA) is 71.1 Å². The summed E-state index contributed by atoms with van der Waals surface area (Å²) in [5.74, 6) is -1.62. The number of fused-ring (bicyclic) bond motifs is 4. The van der Waals surface area contributed by atoms with E-state index in [1.54, 1.807) is 26.0 Å². The second kappa shape index (κ2) is 3.93. The SMILES string of the molecule is CO[C@]12C=C(C)OC(=O)[C@H]1[C@@H]1C(=O)OC(C)=C[C@@]12OC. The molecule has 0 aromatic rings. The maximum absolute atomic E-state index is 12.1. The van der Waals surface area contributed by atoms with E-state index in [2.05, 4.69) is 0 Å². The van der Waals surface area contributed by atoms with Crippen LogP contribution in [0.5, 0.6) is 0 Å². The number of ether oxygens (including phenoxy) is 4. The molecular formula is C14H16O6. The van der Waals surface area contributed by atoms with Gasteiger partial charge in [0, 0.05) is 14.2 Å². The molecule has 3 aliphatic rings. The fraction of sp³-hybridized carbons (Fsp3) is 0.571. The van der Waals surface area contributed by atoms with Crippen LogP contribution in [0.4, 0.5) is 0 Å². The number of carbonyl (C=O) groups excluding carboxylic acids is 2. The molecule has 0 spiro atoms. The largest absolute Gasteiger partial charge is 0.431 e. The zero-order chi connectivity index (χ0) is 14.7. The van der Waals surface area contributed by atoms with Crippen LogP contribution < -0.4 is 0 Å². The molecule has 0 amide bonds. The molecule has 0 unspecified atom stereocenters. The zero-order valence-corrected chi connectivity index (χ0v) is 11.8. The van der Waals surface area contributed by atoms with Crippen molar-refractivity contribution in [1.82, 2.24) is 0 Å². The lowest BCUT2D eigenvalue weighted by Gasteiger charge is -2.64. The normalized spacial score (nSPS) is 42.4. The van der Waals surface area contributed by atoms with Gasteiger partial charge in [-0.15, -0.1) is 0 Å². The third-order valence-electron chi connectivity index (χ3n) is 4.41. The quantitative estimate of drug-likeness (QED) is 0.701. The maximum atomic E-state index is 12.1. The minimum absolute atomic E-state index is 0.438. The predicted molar refractivity (Wildman–Crippen MR) is 66.2 cm³/mol. The molecule has 0 saturated heterocycles. The van der Waals surface area contributed by atoms with E-state index in [1.807, 2.05) is 0 Å². The lowest BCUT2D eigenvalue weighted by molar-refractivity contribution is -0.285. The van der Waals surface area contributed by atoms with Gasteiger partial charge in [0.05, 0.1) is 0 Å². The van der Waals surface area contributed by atoms with E-state index < -0.39 is 35.0 Å². The fourth-order valence-electron chi connectivity index (χ4n) is 3.71. The minimum atomic E-state index is -1.04. The molecule has 0 bridgehead atoms. The van der Waals surface area contributed by atoms with Crippen molar-refractivity contribution in [3.63, 3.8) is 0 Å². The monoisotopic (exact) mass is 280 g/mol. The van der Waals surface area contributed by atoms with Crippen molar-refractivity contribution in [2.45, 2.75) is 25.0 Å². The van der Waals surface area contributed by atoms with E-state index in [0.29, 0.717) is 11.5 Å². The van der Waals surface area contributed by atoms with Crippen molar-refractivity contribution in [1.29, 1.82) is 0 Å². The molecule has 20 heavy (non-hydrogen) atoms. The fourth-order valence-corrected chi connectivity index (χ4v) is 3.71. The molecule has 2 aliphatic heterocycles. The van der Waals surface area contributed by atoms with Crippen molar-refractivity contribution in [3.8, 4) is 0 Å². The Morgan fingerprint density at radius 1 is 0.900 bits per heavy atom. The lowest BCUT2D eigenvalue weighted by Crippen LogP contribution is -2.81. The summed E-state index contributed by atoms with van der Waals surface area (Å²) in [6, 6.07) is 0. The first-order chi connectivity index (χ1) is 9.41. The molecular weight excluding hydrogens is 264 g/mol. The number of hydrogen-bond donors (Lipinski definition) is 0. The molecule has 1 aliphatic carbocycles. The van der Waals surface area contributed by atoms with Gasteiger partial charge in [-0.3, -0.25) is 9.59 Å². The Labute approximate surface area is 116 Å². The van der Waals surface area contributed by atoms with Crippen LogP contribution in [0.2, 0.25) is 0 Å². The molecule has 0 radical (unpaired) electrons. The van der Waals surface area contributed by atoms with Gasteiger partial charge in [0.1, 0.15) is 34.6 Å². The highest BCUT2D eigenvalue weighted by atomic mass is 16.6. The van der Waals surface area contributed by atoms with E-state index >= 15 is 0 Å². The van der Waals surface area contributed by atoms with Gasteiger partial charge in [-0.2, -0.15) is 0 Å². The molecule has 3 rings (SSSR count). The van der Waals surface area contributed by atoms with Gasteiger partial charge in [-0.25, -0.2) is 0 Å². The number of allylic oxidation sites excluding steroid dienone is 2. The Hall–Kier alpha value is -1.66. The maximum Gasteiger partial charge on any atom is 0.318 e. The van der Waals surface area contributed by atoms with Crippen LogP contribution in [-0.2, 0) is 28.5 Å². The molecule has 0 aromatic heterocycles. The summed E-state index contributed by atoms with van der Waals surface area (Å²) in [6.45, 7) is 3.34. The number of hydrogen-bond acceptors (Lipinski definition) is 6. The van der Waals surface area contributed by atoms with Crippen molar-refractivity contribution < 1.29 is 28.5 Å². The molecule has 6 nitrogen and oxygen atoms in total. The Bertz CT molecular complexity index is 512. The standard InChI is InChI=1S/C14H16O6/c1-7-5-13(17-3)9(11(15)19-7)10-12(16)20-8(2)6-14(10,13)18-4/h5-6,9-10H,1-4H3/t9-,10-,13-,14-/m1/s1. The first-order valence-corrected chi connectivity index (χ1v) is 6.34. The summed E-state index contributed by atoms with van der Waals surface area (Å²) in [6.07, 6.45) is 3.42. The summed E-state index contributed by atoms with van der Waals surface area (Å²) in [5.41, 5.74) is -2.07. The van der Waals surface area contributed by atoms with Crippen LogP contribution in [0.3, 0.4) is 0 Å². The summed E-state index contributed by atoms with van der Waals surface area (Å²) < 4.78 is 21.5. The third kappa shape index (κ3) is 1.26. The van der Waals surface area contributed by atoms with Crippen LogP contribution in [0.15, 0.2) is 23.7 Å². The van der Waals surface area contributed by atoms with Crippen molar-refractivity contribution in [2.24, 2.45) is 11.8 Å². The summed E-state index contributed by atoms with van der Waals surface area (Å²) >= 11 is 0. The molecule has 1 fully saturated rings. The van der Waals surface area contributed by atoms with Gasteiger partial charge < -0.3 is 18.9 Å². The molecule has 2 heterocycles. The van der Waals surface area contributed by atoms with Crippen LogP contribution in [0, 0.1) is 11.8 Å². The molecule has 4 atom stereocenters. The molecule has 1 saturated carbocycles. The highest BCUT2D eigenvalue weighted by Crippen LogP contribution is 2.62. The number of carbonyl (C=O) groups is 2. The minimum Gasteiger partial charge on any atom is -0.431 e. The van der Waals surface area contributed by atoms with Gasteiger partial charge in [0.2, 0.25) is 0 Å². The predicted octanol–water partition coefficient (Wildman–Crippen LogP) is 0.924. The first kappa shape index (κ1) is 13.3. The van der Waals surface area contributed by atoms with Gasteiger partial charge in [0.25, 0.3) is 0 Å². The second-order valence-corrected chi connectivity index (χ2v) is 5.30. The third-order valence-corrected chi connectivity index (χ3v) is 4.41. The molecule has 0 aromatic carbocycles. The average Bonchev–Trinajstić information content (AvgIpc) is 2.36. The Morgan fingerprint density at radius 2 is 1.25 bits per heavy atom. The molecule has 0 N–H and O–H groups in total. The van der Waals surface area contributed by atoms with Crippen molar-refractivity contribution in [2.75, 3.05) is 14.2 Å². The smallest absolute Gasteiger partial charge is 0.318 e. The Balaban J connectivity index is 2.23. The number of cyclic esters (lactones) is 2. The summed E-state index contributed by atoms with van der Waals surface area (Å²) in [7, 11) is 2.99. The Kier molecular flexibility index (Phi) is 2.62. The summed E-state index contributed by atoms with van der Waals surface area (Å²) in [4.78, 5) is 24.3. The highest BCUT2D eigenvalue weighted by Gasteiger charge is 2.80. The Morgan fingerprint density at radius 3 is 1.55 bits per heavy atom. The number of methoxy groups -OCH3 is 2. The van der Waals surface area contributed by atoms with Crippen LogP contribution >= 0.6 is 0 Å². The van der Waals surface area contributed by atoms with Gasteiger partial charge in [0.15, 0.2) is 0 Å². The molecule has 6 heteroatoms. The van der Waals surface area contributed by atoms with Gasteiger partial charge >= 0.3 is 11.9 Å². The van der Waals surface area contributed by atoms with Crippen molar-refractivity contribution in [3.05, 3.63) is 23.7 Å². The average molecular weight is 280 g/mol. The number of rotatable bonds is 2. The van der Waals surface area contributed by atoms with Crippen molar-refractivity contribution >= 4 is 11.9 Å². The van der Waals surface area contributed by atoms with Crippen LogP contribution in [0.25, 0.3) is 0 Å². The second-order valence-electron chi connectivity index (χ2n) is 5.30. The summed E-state index contributed by atoms with van der Waals surface area (Å²) in [5, 5.41) is 0. The van der Waals surface area contributed by atoms with E-state index in [-0.39, 0.29) is 0 Å². The zero-order valence-electron chi connectivity index (χ0n) is 11.8. The van der Waals surface area contributed by atoms with Crippen LogP contribution in [-0.4, -0.2) is 37.4 Å².